The Morgan fingerprint density at radius 1 is 1.21 bits per heavy atom. The van der Waals surface area contributed by atoms with E-state index in [4.69, 9.17) is 11.6 Å². The summed E-state index contributed by atoms with van der Waals surface area (Å²) in [4.78, 5) is 43.5. The fourth-order valence-corrected chi connectivity index (χ4v) is 3.65. The summed E-state index contributed by atoms with van der Waals surface area (Å²) in [5, 5.41) is 6.00. The van der Waals surface area contributed by atoms with Crippen molar-refractivity contribution in [2.24, 2.45) is 0 Å². The van der Waals surface area contributed by atoms with Crippen LogP contribution in [0.5, 0.6) is 0 Å². The third-order valence-electron chi connectivity index (χ3n) is 5.09. The lowest BCUT2D eigenvalue weighted by Crippen LogP contribution is -2.60. The van der Waals surface area contributed by atoms with Gasteiger partial charge in [0.25, 0.3) is 0 Å². The summed E-state index contributed by atoms with van der Waals surface area (Å²) in [6.07, 6.45) is -0.0905. The van der Waals surface area contributed by atoms with Gasteiger partial charge in [-0.1, -0.05) is 17.7 Å². The number of likely N-dealkylation sites (N-methyl/N-ethyl adjacent to an activating group) is 1. The van der Waals surface area contributed by atoms with E-state index in [1.807, 2.05) is 0 Å². The van der Waals surface area contributed by atoms with Crippen molar-refractivity contribution in [3.05, 3.63) is 29.3 Å². The molecular formula is C19H26ClN5O3. The largest absolute Gasteiger partial charge is 0.353 e. The Balaban J connectivity index is 1.60. The van der Waals surface area contributed by atoms with Crippen LogP contribution >= 0.6 is 11.6 Å². The van der Waals surface area contributed by atoms with E-state index in [0.717, 1.165) is 26.2 Å². The van der Waals surface area contributed by atoms with E-state index in [9.17, 15) is 14.4 Å². The van der Waals surface area contributed by atoms with Crippen molar-refractivity contribution < 1.29 is 14.4 Å². The van der Waals surface area contributed by atoms with Gasteiger partial charge in [-0.25, -0.2) is 0 Å². The quantitative estimate of drug-likeness (QED) is 0.730. The first-order valence-corrected chi connectivity index (χ1v) is 9.83. The highest BCUT2D eigenvalue weighted by Crippen LogP contribution is 2.17. The van der Waals surface area contributed by atoms with Crippen LogP contribution in [0.1, 0.15) is 6.42 Å². The van der Waals surface area contributed by atoms with Gasteiger partial charge in [-0.15, -0.1) is 0 Å². The molecule has 2 aliphatic heterocycles. The summed E-state index contributed by atoms with van der Waals surface area (Å²) in [7, 11) is 2.06. The highest BCUT2D eigenvalue weighted by Gasteiger charge is 2.35. The fraction of sp³-hybridized carbons (Fsp3) is 0.526. The number of hydrogen-bond acceptors (Lipinski definition) is 5. The van der Waals surface area contributed by atoms with Crippen LogP contribution < -0.4 is 10.6 Å². The molecule has 2 heterocycles. The fourth-order valence-electron chi connectivity index (χ4n) is 3.46. The number of carbonyl (C=O) groups is 3. The zero-order chi connectivity index (χ0) is 20.1. The van der Waals surface area contributed by atoms with Gasteiger partial charge in [0.1, 0.15) is 6.04 Å². The molecule has 0 radical (unpaired) electrons. The number of nitrogens with one attached hydrogen (secondary N) is 2. The Morgan fingerprint density at radius 2 is 1.96 bits per heavy atom. The molecule has 1 aromatic rings. The number of carbonyl (C=O) groups excluding carboxylic acids is 3. The molecule has 0 aromatic heterocycles. The molecule has 0 saturated carbocycles. The molecule has 9 heteroatoms. The number of hydrogen-bond donors (Lipinski definition) is 2. The lowest BCUT2D eigenvalue weighted by molar-refractivity contribution is -0.145. The number of rotatable bonds is 5. The number of halogens is 1. The van der Waals surface area contributed by atoms with E-state index in [0.29, 0.717) is 23.8 Å². The SMILES string of the molecule is CN1CCN(CC(=O)N2CCNC(=O)C2CC(=O)Nc2cccc(Cl)c2)CC1. The molecule has 2 N–H and O–H groups in total. The normalized spacial score (nSPS) is 21.3. The first-order valence-electron chi connectivity index (χ1n) is 9.46. The first kappa shape index (κ1) is 20.6. The molecular weight excluding hydrogens is 382 g/mol. The van der Waals surface area contributed by atoms with Crippen LogP contribution in [0, 0.1) is 0 Å². The molecule has 2 aliphatic rings. The smallest absolute Gasteiger partial charge is 0.243 e. The average Bonchev–Trinajstić information content (AvgIpc) is 2.65. The van der Waals surface area contributed by atoms with Crippen molar-refractivity contribution in [2.45, 2.75) is 12.5 Å². The maximum atomic E-state index is 12.8. The van der Waals surface area contributed by atoms with Gasteiger partial charge in [-0.05, 0) is 25.2 Å². The first-order chi connectivity index (χ1) is 13.4. The number of benzene rings is 1. The summed E-state index contributed by atoms with van der Waals surface area (Å²) in [6.45, 7) is 4.56. The number of piperazine rings is 2. The van der Waals surface area contributed by atoms with E-state index in [1.165, 1.54) is 4.90 Å². The minimum Gasteiger partial charge on any atom is -0.353 e. The molecule has 8 nitrogen and oxygen atoms in total. The van der Waals surface area contributed by atoms with E-state index in [1.54, 1.807) is 24.3 Å². The Morgan fingerprint density at radius 3 is 2.68 bits per heavy atom. The molecule has 1 unspecified atom stereocenters. The maximum absolute atomic E-state index is 12.8. The van der Waals surface area contributed by atoms with Crippen LogP contribution in [-0.4, -0.2) is 91.3 Å². The molecule has 1 aromatic carbocycles. The van der Waals surface area contributed by atoms with Gasteiger partial charge in [-0.2, -0.15) is 0 Å². The molecule has 2 saturated heterocycles. The van der Waals surface area contributed by atoms with Gasteiger partial charge in [0.15, 0.2) is 0 Å². The second-order valence-corrected chi connectivity index (χ2v) is 7.67. The average molecular weight is 408 g/mol. The third kappa shape index (κ3) is 5.43. The molecule has 0 aliphatic carbocycles. The lowest BCUT2D eigenvalue weighted by Gasteiger charge is -2.37. The van der Waals surface area contributed by atoms with Crippen LogP contribution in [-0.2, 0) is 14.4 Å². The molecule has 3 rings (SSSR count). The van der Waals surface area contributed by atoms with E-state index in [2.05, 4.69) is 27.5 Å². The highest BCUT2D eigenvalue weighted by molar-refractivity contribution is 6.30. The van der Waals surface area contributed by atoms with Gasteiger partial charge in [-0.3, -0.25) is 19.3 Å². The van der Waals surface area contributed by atoms with Crippen LogP contribution in [0.4, 0.5) is 5.69 Å². The second-order valence-electron chi connectivity index (χ2n) is 7.24. The minimum absolute atomic E-state index is 0.0905. The Labute approximate surface area is 169 Å². The Kier molecular flexibility index (Phi) is 6.88. The van der Waals surface area contributed by atoms with Gasteiger partial charge >= 0.3 is 0 Å². The molecule has 3 amide bonds. The maximum Gasteiger partial charge on any atom is 0.243 e. The van der Waals surface area contributed by atoms with Crippen LogP contribution in [0.15, 0.2) is 24.3 Å². The molecule has 2 fully saturated rings. The number of nitrogens with zero attached hydrogens (tertiary/aromatic N) is 3. The molecule has 152 valence electrons. The van der Waals surface area contributed by atoms with Crippen LogP contribution in [0.3, 0.4) is 0 Å². The molecule has 1 atom stereocenters. The predicted molar refractivity (Wildman–Crippen MR) is 107 cm³/mol. The van der Waals surface area contributed by atoms with Gasteiger partial charge < -0.3 is 20.4 Å². The van der Waals surface area contributed by atoms with Gasteiger partial charge in [0.2, 0.25) is 17.7 Å². The number of amides is 3. The summed E-state index contributed by atoms with van der Waals surface area (Å²) >= 11 is 5.93. The lowest BCUT2D eigenvalue weighted by atomic mass is 10.1. The highest BCUT2D eigenvalue weighted by atomic mass is 35.5. The summed E-state index contributed by atoms with van der Waals surface area (Å²) in [6, 6.07) is 6.01. The molecule has 0 bridgehead atoms. The van der Waals surface area contributed by atoms with Gasteiger partial charge in [0.05, 0.1) is 13.0 Å². The van der Waals surface area contributed by atoms with Crippen molar-refractivity contribution in [1.82, 2.24) is 20.0 Å². The molecule has 0 spiro atoms. The summed E-state index contributed by atoms with van der Waals surface area (Å²) < 4.78 is 0. The van der Waals surface area contributed by atoms with Crippen molar-refractivity contribution in [1.29, 1.82) is 0 Å². The Hall–Kier alpha value is -2.16. The van der Waals surface area contributed by atoms with E-state index in [-0.39, 0.29) is 30.7 Å². The Bertz CT molecular complexity index is 736. The number of anilines is 1. The van der Waals surface area contributed by atoms with Gasteiger partial charge in [0, 0.05) is 50.0 Å². The standard InChI is InChI=1S/C19H26ClN5O3/c1-23-7-9-24(10-8-23)13-18(27)25-6-5-21-19(28)16(25)12-17(26)22-15-4-2-3-14(20)11-15/h2-4,11,16H,5-10,12-13H2,1H3,(H,21,28)(H,22,26). The summed E-state index contributed by atoms with van der Waals surface area (Å²) in [5.74, 6) is -0.735. The monoisotopic (exact) mass is 407 g/mol. The van der Waals surface area contributed by atoms with Crippen molar-refractivity contribution in [2.75, 3.05) is 58.2 Å². The van der Waals surface area contributed by atoms with Crippen molar-refractivity contribution in [3.8, 4) is 0 Å². The second kappa shape index (κ2) is 9.36. The van der Waals surface area contributed by atoms with E-state index < -0.39 is 6.04 Å². The predicted octanol–water partition coefficient (Wildman–Crippen LogP) is 0.243. The zero-order valence-corrected chi connectivity index (χ0v) is 16.7. The topological polar surface area (TPSA) is 85.0 Å². The minimum atomic E-state index is -0.798. The van der Waals surface area contributed by atoms with Crippen LogP contribution in [0.25, 0.3) is 0 Å². The third-order valence-corrected chi connectivity index (χ3v) is 5.33. The van der Waals surface area contributed by atoms with Crippen molar-refractivity contribution >= 4 is 35.0 Å². The zero-order valence-electron chi connectivity index (χ0n) is 16.0. The van der Waals surface area contributed by atoms with E-state index >= 15 is 0 Å². The summed E-state index contributed by atoms with van der Waals surface area (Å²) in [5.41, 5.74) is 0.559. The van der Waals surface area contributed by atoms with Crippen molar-refractivity contribution in [3.63, 3.8) is 0 Å². The molecule has 28 heavy (non-hydrogen) atoms. The van der Waals surface area contributed by atoms with Crippen LogP contribution in [0.2, 0.25) is 5.02 Å².